The van der Waals surface area contributed by atoms with Crippen LogP contribution in [0, 0.1) is 11.7 Å². The maximum absolute atomic E-state index is 13.2. The fourth-order valence-corrected chi connectivity index (χ4v) is 3.40. The largest absolute Gasteiger partial charge is 0.466 e. The summed E-state index contributed by atoms with van der Waals surface area (Å²) in [5.41, 5.74) is 6.20. The summed E-state index contributed by atoms with van der Waals surface area (Å²) in [7, 11) is 0. The molecule has 0 aliphatic carbocycles. The first-order valence-electron chi connectivity index (χ1n) is 8.41. The Morgan fingerprint density at radius 3 is 2.46 bits per heavy atom. The molecule has 1 atom stereocenters. The van der Waals surface area contributed by atoms with Gasteiger partial charge in [0.1, 0.15) is 5.82 Å². The summed E-state index contributed by atoms with van der Waals surface area (Å²) in [6, 6.07) is 6.34. The number of benzene rings is 1. The van der Waals surface area contributed by atoms with Gasteiger partial charge in [0.15, 0.2) is 0 Å². The van der Waals surface area contributed by atoms with Crippen molar-refractivity contribution >= 4 is 11.9 Å². The summed E-state index contributed by atoms with van der Waals surface area (Å²) >= 11 is 0. The zero-order valence-electron chi connectivity index (χ0n) is 14.0. The van der Waals surface area contributed by atoms with Crippen LogP contribution in [0.3, 0.4) is 0 Å². The van der Waals surface area contributed by atoms with E-state index in [-0.39, 0.29) is 30.2 Å². The summed E-state index contributed by atoms with van der Waals surface area (Å²) in [5.74, 6) is -0.546. The quantitative estimate of drug-likeness (QED) is 0.774. The van der Waals surface area contributed by atoms with Crippen molar-refractivity contribution in [3.63, 3.8) is 0 Å². The maximum atomic E-state index is 13.2. The minimum Gasteiger partial charge on any atom is -0.466 e. The molecule has 132 valence electrons. The van der Waals surface area contributed by atoms with E-state index in [9.17, 15) is 14.0 Å². The number of rotatable bonds is 7. The van der Waals surface area contributed by atoms with E-state index in [0.29, 0.717) is 18.9 Å². The summed E-state index contributed by atoms with van der Waals surface area (Å²) in [4.78, 5) is 25.0. The summed E-state index contributed by atoms with van der Waals surface area (Å²) in [6.07, 6.45) is 2.03. The topological polar surface area (TPSA) is 72.6 Å². The molecule has 1 fully saturated rings. The molecule has 1 aliphatic rings. The van der Waals surface area contributed by atoms with Gasteiger partial charge in [0, 0.05) is 0 Å². The molecule has 24 heavy (non-hydrogen) atoms. The highest BCUT2D eigenvalue weighted by molar-refractivity contribution is 5.75. The molecule has 1 aromatic rings. The summed E-state index contributed by atoms with van der Waals surface area (Å²) in [6.45, 7) is 3.95. The second kappa shape index (κ2) is 8.78. The standard InChI is InChI=1S/C18H25FN2O3/c1-2-24-18(23)11-16(13-3-5-15(19)6-4-13)14-7-9-21(10-8-14)12-17(20)22/h3-6,14,16H,2,7-12H2,1H3,(H2,20,22). The Hall–Kier alpha value is -1.95. The van der Waals surface area contributed by atoms with Crippen LogP contribution in [0.25, 0.3) is 0 Å². The molecule has 1 amide bonds. The molecule has 0 bridgehead atoms. The first kappa shape index (κ1) is 18.4. The van der Waals surface area contributed by atoms with Gasteiger partial charge in [0.05, 0.1) is 19.6 Å². The van der Waals surface area contributed by atoms with Crippen LogP contribution in [0.15, 0.2) is 24.3 Å². The molecular formula is C18H25FN2O3. The highest BCUT2D eigenvalue weighted by Gasteiger charge is 2.30. The minimum atomic E-state index is -0.324. The number of amides is 1. The number of halogens is 1. The van der Waals surface area contributed by atoms with Crippen LogP contribution in [0.4, 0.5) is 4.39 Å². The van der Waals surface area contributed by atoms with Crippen molar-refractivity contribution in [1.29, 1.82) is 0 Å². The monoisotopic (exact) mass is 336 g/mol. The lowest BCUT2D eigenvalue weighted by Crippen LogP contribution is -2.40. The molecule has 5 nitrogen and oxygen atoms in total. The molecule has 1 aromatic carbocycles. The lowest BCUT2D eigenvalue weighted by atomic mass is 9.78. The Kier molecular flexibility index (Phi) is 6.73. The second-order valence-corrected chi connectivity index (χ2v) is 6.25. The molecule has 1 saturated heterocycles. The van der Waals surface area contributed by atoms with Gasteiger partial charge in [0.2, 0.25) is 5.91 Å². The third-order valence-electron chi connectivity index (χ3n) is 4.57. The SMILES string of the molecule is CCOC(=O)CC(c1ccc(F)cc1)C1CCN(CC(N)=O)CC1. The van der Waals surface area contributed by atoms with Gasteiger partial charge in [-0.2, -0.15) is 0 Å². The van der Waals surface area contributed by atoms with Gasteiger partial charge in [-0.1, -0.05) is 12.1 Å². The molecular weight excluding hydrogens is 311 g/mol. The fourth-order valence-electron chi connectivity index (χ4n) is 3.40. The lowest BCUT2D eigenvalue weighted by Gasteiger charge is -2.35. The van der Waals surface area contributed by atoms with Crippen molar-refractivity contribution in [1.82, 2.24) is 4.90 Å². The molecule has 0 radical (unpaired) electrons. The predicted molar refractivity (Wildman–Crippen MR) is 88.7 cm³/mol. The summed E-state index contributed by atoms with van der Waals surface area (Å²) < 4.78 is 18.3. The van der Waals surface area contributed by atoms with Gasteiger partial charge in [-0.3, -0.25) is 14.5 Å². The van der Waals surface area contributed by atoms with E-state index in [1.54, 1.807) is 19.1 Å². The van der Waals surface area contributed by atoms with E-state index >= 15 is 0 Å². The molecule has 0 spiro atoms. The Morgan fingerprint density at radius 1 is 1.29 bits per heavy atom. The third kappa shape index (κ3) is 5.30. The minimum absolute atomic E-state index is 0.000350. The van der Waals surface area contributed by atoms with Crippen LogP contribution in [0.5, 0.6) is 0 Å². The zero-order chi connectivity index (χ0) is 17.5. The normalized spacial score (nSPS) is 17.4. The molecule has 1 unspecified atom stereocenters. The van der Waals surface area contributed by atoms with Gasteiger partial charge in [-0.05, 0) is 62.4 Å². The van der Waals surface area contributed by atoms with Gasteiger partial charge in [-0.25, -0.2) is 4.39 Å². The molecule has 1 heterocycles. The number of primary amides is 1. The number of nitrogens with zero attached hydrogens (tertiary/aromatic N) is 1. The van der Waals surface area contributed by atoms with E-state index in [4.69, 9.17) is 10.5 Å². The van der Waals surface area contributed by atoms with E-state index in [1.807, 2.05) is 4.90 Å². The molecule has 0 saturated carbocycles. The number of ether oxygens (including phenoxy) is 1. The number of nitrogens with two attached hydrogens (primary N) is 1. The predicted octanol–water partition coefficient (Wildman–Crippen LogP) is 2.06. The first-order chi connectivity index (χ1) is 11.5. The molecule has 2 N–H and O–H groups in total. The highest BCUT2D eigenvalue weighted by atomic mass is 19.1. The van der Waals surface area contributed by atoms with Gasteiger partial charge < -0.3 is 10.5 Å². The molecule has 6 heteroatoms. The second-order valence-electron chi connectivity index (χ2n) is 6.25. The number of piperidine rings is 1. The van der Waals surface area contributed by atoms with Crippen molar-refractivity contribution in [2.24, 2.45) is 11.7 Å². The average molecular weight is 336 g/mol. The number of esters is 1. The number of likely N-dealkylation sites (tertiary alicyclic amines) is 1. The Balaban J connectivity index is 2.07. The highest BCUT2D eigenvalue weighted by Crippen LogP contribution is 2.35. The third-order valence-corrected chi connectivity index (χ3v) is 4.57. The van der Waals surface area contributed by atoms with Crippen molar-refractivity contribution in [3.05, 3.63) is 35.6 Å². The van der Waals surface area contributed by atoms with E-state index in [2.05, 4.69) is 0 Å². The van der Waals surface area contributed by atoms with E-state index in [1.165, 1.54) is 12.1 Å². The van der Waals surface area contributed by atoms with Crippen LogP contribution >= 0.6 is 0 Å². The van der Waals surface area contributed by atoms with Crippen LogP contribution in [-0.4, -0.2) is 43.0 Å². The summed E-state index contributed by atoms with van der Waals surface area (Å²) in [5, 5.41) is 0. The average Bonchev–Trinajstić information content (AvgIpc) is 2.54. The van der Waals surface area contributed by atoms with Crippen molar-refractivity contribution < 1.29 is 18.7 Å². The van der Waals surface area contributed by atoms with Gasteiger partial charge in [0.25, 0.3) is 0 Å². The smallest absolute Gasteiger partial charge is 0.306 e. The molecule has 0 aromatic heterocycles. The van der Waals surface area contributed by atoms with Crippen molar-refractivity contribution in [2.45, 2.75) is 32.1 Å². The van der Waals surface area contributed by atoms with E-state index in [0.717, 1.165) is 31.5 Å². The first-order valence-corrected chi connectivity index (χ1v) is 8.41. The molecule has 1 aliphatic heterocycles. The van der Waals surface area contributed by atoms with Gasteiger partial charge in [-0.15, -0.1) is 0 Å². The van der Waals surface area contributed by atoms with Crippen LogP contribution in [-0.2, 0) is 14.3 Å². The number of hydrogen-bond donors (Lipinski definition) is 1. The van der Waals surface area contributed by atoms with Crippen molar-refractivity contribution in [3.8, 4) is 0 Å². The van der Waals surface area contributed by atoms with Crippen molar-refractivity contribution in [2.75, 3.05) is 26.2 Å². The van der Waals surface area contributed by atoms with Gasteiger partial charge >= 0.3 is 5.97 Å². The molecule has 2 rings (SSSR count). The van der Waals surface area contributed by atoms with Crippen LogP contribution < -0.4 is 5.73 Å². The Bertz CT molecular complexity index is 554. The number of hydrogen-bond acceptors (Lipinski definition) is 4. The number of carbonyl (C=O) groups excluding carboxylic acids is 2. The van der Waals surface area contributed by atoms with Crippen LogP contribution in [0.1, 0.15) is 37.7 Å². The van der Waals surface area contributed by atoms with E-state index < -0.39 is 0 Å². The Morgan fingerprint density at radius 2 is 1.92 bits per heavy atom. The lowest BCUT2D eigenvalue weighted by molar-refractivity contribution is -0.144. The fraction of sp³-hybridized carbons (Fsp3) is 0.556. The zero-order valence-corrected chi connectivity index (χ0v) is 14.0. The number of carbonyl (C=O) groups is 2. The Labute approximate surface area is 142 Å². The van der Waals surface area contributed by atoms with Crippen LogP contribution in [0.2, 0.25) is 0 Å². The maximum Gasteiger partial charge on any atom is 0.306 e.